The zero-order chi connectivity index (χ0) is 24.4. The Hall–Kier alpha value is -4.07. The van der Waals surface area contributed by atoms with Crippen LogP contribution in [0.2, 0.25) is 0 Å². The molecule has 1 saturated carbocycles. The van der Waals surface area contributed by atoms with Crippen LogP contribution < -0.4 is 15.7 Å². The predicted molar refractivity (Wildman–Crippen MR) is 133 cm³/mol. The molecule has 35 heavy (non-hydrogen) atoms. The van der Waals surface area contributed by atoms with Gasteiger partial charge in [0.05, 0.1) is 12.1 Å². The minimum Gasteiger partial charge on any atom is -0.493 e. The Labute approximate surface area is 202 Å². The number of para-hydroxylation sites is 1. The molecule has 2 heterocycles. The second-order valence-corrected chi connectivity index (χ2v) is 8.97. The van der Waals surface area contributed by atoms with Gasteiger partial charge in [0.15, 0.2) is 0 Å². The number of carbonyl (C=O) groups excluding carboxylic acids is 1. The van der Waals surface area contributed by atoms with Crippen LogP contribution in [0.3, 0.4) is 0 Å². The van der Waals surface area contributed by atoms with Gasteiger partial charge in [-0.3, -0.25) is 19.3 Å². The van der Waals surface area contributed by atoms with Gasteiger partial charge >= 0.3 is 5.69 Å². The van der Waals surface area contributed by atoms with Crippen molar-refractivity contribution in [3.63, 3.8) is 0 Å². The van der Waals surface area contributed by atoms with Gasteiger partial charge in [-0.05, 0) is 56.2 Å². The van der Waals surface area contributed by atoms with Gasteiger partial charge in [-0.2, -0.15) is 0 Å². The smallest absolute Gasteiger partial charge is 0.328 e. The average Bonchev–Trinajstić information content (AvgIpc) is 3.48. The summed E-state index contributed by atoms with van der Waals surface area (Å²) >= 11 is 0. The number of rotatable bonds is 7. The summed E-state index contributed by atoms with van der Waals surface area (Å²) in [5, 5.41) is 14.0. The molecule has 1 amide bonds. The molecule has 0 bridgehead atoms. The number of hydrogen-bond donors (Lipinski definition) is 3. The third-order valence-electron chi connectivity index (χ3n) is 6.56. The summed E-state index contributed by atoms with van der Waals surface area (Å²) in [6, 6.07) is 17.0. The summed E-state index contributed by atoms with van der Waals surface area (Å²) in [6.45, 7) is 2.41. The Morgan fingerprint density at radius 3 is 2.69 bits per heavy atom. The van der Waals surface area contributed by atoms with E-state index >= 15 is 0 Å². The molecule has 1 aliphatic carbocycles. The van der Waals surface area contributed by atoms with Crippen LogP contribution in [0.1, 0.15) is 59.0 Å². The summed E-state index contributed by atoms with van der Waals surface area (Å²) in [4.78, 5) is 32.0. The summed E-state index contributed by atoms with van der Waals surface area (Å²) < 4.78 is 7.56. The lowest BCUT2D eigenvalue weighted by Gasteiger charge is -2.15. The molecule has 3 N–H and O–H groups in total. The van der Waals surface area contributed by atoms with Gasteiger partial charge in [0.25, 0.3) is 5.91 Å². The van der Waals surface area contributed by atoms with Gasteiger partial charge in [0.1, 0.15) is 18.1 Å². The standard InChI is InChI=1S/C27H28N4O4/c1-17-14-19(22-8-4-5-9-23(22)29-17)16-35-21-12-10-18(11-13-21)25(32)28-15-24-26(33)30-27(34)31(24)20-6-2-3-7-20/h4-5,8-14,20,33H,2-3,6-7,15-16H2,1H3,(H,28,32)(H,30,34). The second-order valence-electron chi connectivity index (χ2n) is 8.97. The lowest BCUT2D eigenvalue weighted by molar-refractivity contribution is 0.0949. The Morgan fingerprint density at radius 1 is 1.17 bits per heavy atom. The summed E-state index contributed by atoms with van der Waals surface area (Å²) in [5.41, 5.74) is 3.46. The fraction of sp³-hybridized carbons (Fsp3) is 0.296. The molecule has 4 aromatic rings. The fourth-order valence-electron chi connectivity index (χ4n) is 4.83. The van der Waals surface area contributed by atoms with Gasteiger partial charge in [-0.25, -0.2) is 4.79 Å². The van der Waals surface area contributed by atoms with Crippen LogP contribution in [0.4, 0.5) is 0 Å². The number of aromatic nitrogens is 3. The highest BCUT2D eigenvalue weighted by Gasteiger charge is 2.24. The highest BCUT2D eigenvalue weighted by atomic mass is 16.5. The highest BCUT2D eigenvalue weighted by Crippen LogP contribution is 2.31. The number of hydrogen-bond acceptors (Lipinski definition) is 5. The van der Waals surface area contributed by atoms with E-state index in [1.165, 1.54) is 0 Å². The van der Waals surface area contributed by atoms with E-state index in [9.17, 15) is 14.7 Å². The Morgan fingerprint density at radius 2 is 1.91 bits per heavy atom. The molecule has 0 aliphatic heterocycles. The van der Waals surface area contributed by atoms with Crippen LogP contribution in [-0.4, -0.2) is 25.5 Å². The monoisotopic (exact) mass is 472 g/mol. The molecule has 8 nitrogen and oxygen atoms in total. The molecule has 5 rings (SSSR count). The molecular weight excluding hydrogens is 444 g/mol. The van der Waals surface area contributed by atoms with Crippen molar-refractivity contribution in [3.05, 3.63) is 87.6 Å². The Balaban J connectivity index is 1.23. The van der Waals surface area contributed by atoms with E-state index in [4.69, 9.17) is 4.74 Å². The van der Waals surface area contributed by atoms with Crippen molar-refractivity contribution >= 4 is 16.8 Å². The molecule has 0 radical (unpaired) electrons. The number of ether oxygens (including phenoxy) is 1. The summed E-state index contributed by atoms with van der Waals surface area (Å²) in [7, 11) is 0. The number of nitrogens with zero attached hydrogens (tertiary/aromatic N) is 2. The molecule has 0 spiro atoms. The van der Waals surface area contributed by atoms with Crippen molar-refractivity contribution in [3.8, 4) is 11.6 Å². The van der Waals surface area contributed by atoms with Gasteiger partial charge in [0, 0.05) is 28.2 Å². The molecule has 180 valence electrons. The SMILES string of the molecule is Cc1cc(COc2ccc(C(=O)NCc3c(O)[nH]c(=O)n3C3CCCC3)cc2)c2ccccc2n1. The Kier molecular flexibility index (Phi) is 6.27. The zero-order valence-corrected chi connectivity index (χ0v) is 19.6. The van der Waals surface area contributed by atoms with E-state index in [1.54, 1.807) is 28.8 Å². The summed E-state index contributed by atoms with van der Waals surface area (Å²) in [6.07, 6.45) is 3.91. The molecule has 2 aromatic carbocycles. The minimum absolute atomic E-state index is 0.0595. The molecular formula is C27H28N4O4. The van der Waals surface area contributed by atoms with E-state index in [0.29, 0.717) is 23.6 Å². The van der Waals surface area contributed by atoms with Crippen LogP contribution >= 0.6 is 0 Å². The molecule has 0 saturated heterocycles. The van der Waals surface area contributed by atoms with Crippen molar-refractivity contribution in [2.75, 3.05) is 0 Å². The number of aromatic hydroxyl groups is 1. The lowest BCUT2D eigenvalue weighted by Crippen LogP contribution is -2.28. The van der Waals surface area contributed by atoms with Gasteiger partial charge in [-0.1, -0.05) is 31.0 Å². The van der Waals surface area contributed by atoms with E-state index < -0.39 is 0 Å². The molecule has 1 aliphatic rings. The van der Waals surface area contributed by atoms with E-state index in [2.05, 4.69) is 15.3 Å². The number of H-pyrrole nitrogens is 1. The van der Waals surface area contributed by atoms with Crippen LogP contribution in [-0.2, 0) is 13.2 Å². The predicted octanol–water partition coefficient (Wildman–Crippen LogP) is 4.36. The van der Waals surface area contributed by atoms with Crippen molar-refractivity contribution < 1.29 is 14.6 Å². The lowest BCUT2D eigenvalue weighted by atomic mass is 10.1. The number of benzene rings is 2. The maximum atomic E-state index is 12.7. The first kappa shape index (κ1) is 22.7. The van der Waals surface area contributed by atoms with E-state index in [0.717, 1.165) is 47.8 Å². The van der Waals surface area contributed by atoms with Crippen molar-refractivity contribution in [2.45, 2.75) is 51.8 Å². The topological polar surface area (TPSA) is 109 Å². The number of aromatic amines is 1. The number of amides is 1. The van der Waals surface area contributed by atoms with Crippen molar-refractivity contribution in [1.29, 1.82) is 0 Å². The first-order chi connectivity index (χ1) is 17.0. The fourth-order valence-corrected chi connectivity index (χ4v) is 4.83. The maximum Gasteiger partial charge on any atom is 0.328 e. The van der Waals surface area contributed by atoms with Crippen LogP contribution in [0.25, 0.3) is 10.9 Å². The van der Waals surface area contributed by atoms with Crippen molar-refractivity contribution in [2.24, 2.45) is 0 Å². The first-order valence-electron chi connectivity index (χ1n) is 11.9. The average molecular weight is 473 g/mol. The van der Waals surface area contributed by atoms with Crippen molar-refractivity contribution in [1.82, 2.24) is 19.9 Å². The Bertz CT molecular complexity index is 1420. The number of nitrogens with one attached hydrogen (secondary N) is 2. The largest absolute Gasteiger partial charge is 0.493 e. The number of pyridine rings is 1. The van der Waals surface area contributed by atoms with Crippen LogP contribution in [0.15, 0.2) is 59.4 Å². The quantitative estimate of drug-likeness (QED) is 0.370. The number of fused-ring (bicyclic) bond motifs is 1. The minimum atomic E-state index is -0.336. The molecule has 8 heteroatoms. The first-order valence-corrected chi connectivity index (χ1v) is 11.9. The molecule has 0 atom stereocenters. The van der Waals surface area contributed by atoms with Crippen LogP contribution in [0, 0.1) is 6.92 Å². The number of carbonyl (C=O) groups is 1. The van der Waals surface area contributed by atoms with Gasteiger partial charge < -0.3 is 15.2 Å². The molecule has 0 unspecified atom stereocenters. The summed E-state index contributed by atoms with van der Waals surface area (Å²) in [5.74, 6) is 0.168. The second kappa shape index (κ2) is 9.66. The molecule has 1 fully saturated rings. The number of imidazole rings is 1. The van der Waals surface area contributed by atoms with Gasteiger partial charge in [-0.15, -0.1) is 0 Å². The molecule has 2 aromatic heterocycles. The van der Waals surface area contributed by atoms with Crippen LogP contribution in [0.5, 0.6) is 11.6 Å². The third kappa shape index (κ3) is 4.77. The zero-order valence-electron chi connectivity index (χ0n) is 19.6. The third-order valence-corrected chi connectivity index (χ3v) is 6.56. The maximum absolute atomic E-state index is 12.7. The van der Waals surface area contributed by atoms with Gasteiger partial charge in [0.2, 0.25) is 5.88 Å². The van der Waals surface area contributed by atoms with E-state index in [1.807, 2.05) is 37.3 Å². The number of aryl methyl sites for hydroxylation is 1. The van der Waals surface area contributed by atoms with E-state index in [-0.39, 0.29) is 30.1 Å². The highest BCUT2D eigenvalue weighted by molar-refractivity contribution is 5.94. The normalized spacial score (nSPS) is 13.9.